The summed E-state index contributed by atoms with van der Waals surface area (Å²) >= 11 is 0. The van der Waals surface area contributed by atoms with E-state index < -0.39 is 0 Å². The summed E-state index contributed by atoms with van der Waals surface area (Å²) in [6, 6.07) is 13.7. The molecule has 156 valence electrons. The second-order valence-electron chi connectivity index (χ2n) is 8.09. The minimum atomic E-state index is -0.255. The van der Waals surface area contributed by atoms with E-state index in [0.717, 1.165) is 62.5 Å². The number of hydrogen-bond donors (Lipinski definition) is 0. The van der Waals surface area contributed by atoms with E-state index in [-0.39, 0.29) is 17.7 Å². The van der Waals surface area contributed by atoms with Gasteiger partial charge < -0.3 is 0 Å². The maximum absolute atomic E-state index is 13.5. The molecule has 1 aliphatic heterocycles. The maximum atomic E-state index is 13.5. The molecule has 0 unspecified atom stereocenters. The van der Waals surface area contributed by atoms with E-state index in [9.17, 15) is 8.78 Å². The van der Waals surface area contributed by atoms with Gasteiger partial charge in [0.2, 0.25) is 0 Å². The molecule has 5 rings (SSSR count). The van der Waals surface area contributed by atoms with Crippen LogP contribution < -0.4 is 0 Å². The van der Waals surface area contributed by atoms with Crippen molar-refractivity contribution in [2.75, 3.05) is 26.2 Å². The fraction of sp³-hybridized carbons (Fsp3) is 0.409. The Labute approximate surface area is 174 Å². The highest BCUT2D eigenvalue weighted by atomic mass is 19.1. The molecule has 0 N–H and O–H groups in total. The van der Waals surface area contributed by atoms with Crippen molar-refractivity contribution in [2.45, 2.75) is 31.5 Å². The molecule has 1 saturated carbocycles. The van der Waals surface area contributed by atoms with Gasteiger partial charge in [-0.25, -0.2) is 13.5 Å². The molecule has 2 fully saturated rings. The molecule has 2 aromatic carbocycles. The summed E-state index contributed by atoms with van der Waals surface area (Å²) < 4.78 is 28.9. The molecule has 8 heteroatoms. The van der Waals surface area contributed by atoms with Gasteiger partial charge in [-0.3, -0.25) is 9.80 Å². The third kappa shape index (κ3) is 4.11. The van der Waals surface area contributed by atoms with Crippen LogP contribution in [-0.4, -0.2) is 56.2 Å². The Bertz CT molecular complexity index is 930. The number of rotatable bonds is 6. The summed E-state index contributed by atoms with van der Waals surface area (Å²) in [4.78, 5) is 4.74. The molecular formula is C22H24F2N6. The largest absolute Gasteiger partial charge is 0.293 e. The van der Waals surface area contributed by atoms with Gasteiger partial charge in [0.05, 0.1) is 18.6 Å². The summed E-state index contributed by atoms with van der Waals surface area (Å²) in [5.74, 6) is 0.421. The predicted molar refractivity (Wildman–Crippen MR) is 108 cm³/mol. The van der Waals surface area contributed by atoms with E-state index in [4.69, 9.17) is 0 Å². The van der Waals surface area contributed by atoms with E-state index in [0.29, 0.717) is 6.04 Å². The average Bonchev–Trinajstić information content (AvgIpc) is 3.51. The Kier molecular flexibility index (Phi) is 5.26. The minimum absolute atomic E-state index is 0.0369. The molecule has 2 aliphatic rings. The Hall–Kier alpha value is -2.71. The van der Waals surface area contributed by atoms with Crippen LogP contribution in [0.3, 0.4) is 0 Å². The lowest BCUT2D eigenvalue weighted by Crippen LogP contribution is -2.47. The zero-order valence-electron chi connectivity index (χ0n) is 16.7. The SMILES string of the molecule is Fc1ccc(C(c2ccc(F)cc2)N2CCN(Cc3nnnn3C3CC3)CC2)cc1. The molecule has 0 bridgehead atoms. The number of nitrogens with zero attached hydrogens (tertiary/aromatic N) is 6. The first-order chi connectivity index (χ1) is 14.7. The van der Waals surface area contributed by atoms with Crippen LogP contribution in [0.4, 0.5) is 8.78 Å². The molecule has 1 aromatic heterocycles. The van der Waals surface area contributed by atoms with Gasteiger partial charge >= 0.3 is 0 Å². The minimum Gasteiger partial charge on any atom is -0.293 e. The van der Waals surface area contributed by atoms with E-state index in [1.54, 1.807) is 0 Å². The normalized spacial score (nSPS) is 18.2. The van der Waals surface area contributed by atoms with Gasteiger partial charge in [0.1, 0.15) is 11.6 Å². The number of tetrazole rings is 1. The first kappa shape index (κ1) is 19.3. The summed E-state index contributed by atoms with van der Waals surface area (Å²) in [6.45, 7) is 4.22. The van der Waals surface area contributed by atoms with Crippen LogP contribution in [0.1, 0.15) is 41.9 Å². The number of aromatic nitrogens is 4. The quantitative estimate of drug-likeness (QED) is 0.625. The van der Waals surface area contributed by atoms with Crippen LogP contribution in [0.5, 0.6) is 0 Å². The molecule has 0 radical (unpaired) electrons. The monoisotopic (exact) mass is 410 g/mol. The van der Waals surface area contributed by atoms with Crippen LogP contribution in [0, 0.1) is 11.6 Å². The zero-order chi connectivity index (χ0) is 20.5. The smallest absolute Gasteiger partial charge is 0.165 e. The van der Waals surface area contributed by atoms with Crippen molar-refractivity contribution in [3.05, 3.63) is 77.1 Å². The van der Waals surface area contributed by atoms with Gasteiger partial charge in [0, 0.05) is 26.2 Å². The highest BCUT2D eigenvalue weighted by Crippen LogP contribution is 2.35. The molecule has 30 heavy (non-hydrogen) atoms. The first-order valence-electron chi connectivity index (χ1n) is 10.4. The lowest BCUT2D eigenvalue weighted by Gasteiger charge is -2.39. The van der Waals surface area contributed by atoms with E-state index in [1.807, 2.05) is 28.9 Å². The third-order valence-electron chi connectivity index (χ3n) is 5.96. The van der Waals surface area contributed by atoms with Crippen LogP contribution in [-0.2, 0) is 6.54 Å². The van der Waals surface area contributed by atoms with Crippen molar-refractivity contribution in [3.63, 3.8) is 0 Å². The lowest BCUT2D eigenvalue weighted by atomic mass is 9.96. The summed E-state index contributed by atoms with van der Waals surface area (Å²) in [5.41, 5.74) is 2.02. The molecule has 6 nitrogen and oxygen atoms in total. The summed E-state index contributed by atoms with van der Waals surface area (Å²) in [5, 5.41) is 12.2. The summed E-state index contributed by atoms with van der Waals surface area (Å²) in [6.07, 6.45) is 2.31. The Morgan fingerprint density at radius 1 is 0.833 bits per heavy atom. The maximum Gasteiger partial charge on any atom is 0.165 e. The van der Waals surface area contributed by atoms with Crippen LogP contribution in [0.25, 0.3) is 0 Å². The average molecular weight is 410 g/mol. The molecule has 1 aliphatic carbocycles. The molecule has 1 saturated heterocycles. The molecule has 0 spiro atoms. The van der Waals surface area contributed by atoms with Crippen LogP contribution in [0.2, 0.25) is 0 Å². The Morgan fingerprint density at radius 3 is 1.93 bits per heavy atom. The number of halogens is 2. The standard InChI is InChI=1S/C22H24F2N6/c23-18-5-1-16(2-6-18)22(17-3-7-19(24)8-4-17)29-13-11-28(12-14-29)15-21-25-26-27-30(21)20-9-10-20/h1-8,20,22H,9-15H2. The van der Waals surface area contributed by atoms with Gasteiger partial charge in [-0.2, -0.15) is 0 Å². The lowest BCUT2D eigenvalue weighted by molar-refractivity contribution is 0.102. The van der Waals surface area contributed by atoms with Gasteiger partial charge in [-0.05, 0) is 58.7 Å². The van der Waals surface area contributed by atoms with Gasteiger partial charge in [0.25, 0.3) is 0 Å². The van der Waals surface area contributed by atoms with Gasteiger partial charge in [0.15, 0.2) is 5.82 Å². The van der Waals surface area contributed by atoms with Crippen LogP contribution >= 0.6 is 0 Å². The predicted octanol–water partition coefficient (Wildman–Crippen LogP) is 3.19. The molecule has 3 aromatic rings. The summed E-state index contributed by atoms with van der Waals surface area (Å²) in [7, 11) is 0. The van der Waals surface area contributed by atoms with Crippen LogP contribution in [0.15, 0.2) is 48.5 Å². The first-order valence-corrected chi connectivity index (χ1v) is 10.4. The second-order valence-corrected chi connectivity index (χ2v) is 8.09. The van der Waals surface area contributed by atoms with Crippen molar-refractivity contribution in [1.82, 2.24) is 30.0 Å². The zero-order valence-corrected chi connectivity index (χ0v) is 16.7. The van der Waals surface area contributed by atoms with Crippen molar-refractivity contribution in [1.29, 1.82) is 0 Å². The fourth-order valence-corrected chi connectivity index (χ4v) is 4.20. The van der Waals surface area contributed by atoms with E-state index in [2.05, 4.69) is 25.3 Å². The van der Waals surface area contributed by atoms with Crippen molar-refractivity contribution < 1.29 is 8.78 Å². The highest BCUT2D eigenvalue weighted by Gasteiger charge is 2.30. The topological polar surface area (TPSA) is 50.1 Å². The van der Waals surface area contributed by atoms with E-state index in [1.165, 1.54) is 24.3 Å². The van der Waals surface area contributed by atoms with Crippen molar-refractivity contribution in [2.24, 2.45) is 0 Å². The van der Waals surface area contributed by atoms with Gasteiger partial charge in [-0.1, -0.05) is 24.3 Å². The van der Waals surface area contributed by atoms with Gasteiger partial charge in [-0.15, -0.1) is 5.10 Å². The van der Waals surface area contributed by atoms with Crippen molar-refractivity contribution in [3.8, 4) is 0 Å². The molecule has 0 amide bonds. The highest BCUT2D eigenvalue weighted by molar-refractivity contribution is 5.32. The second kappa shape index (κ2) is 8.20. The Morgan fingerprint density at radius 2 is 1.40 bits per heavy atom. The van der Waals surface area contributed by atoms with E-state index >= 15 is 0 Å². The molecule has 0 atom stereocenters. The van der Waals surface area contributed by atoms with Crippen molar-refractivity contribution >= 4 is 0 Å². The number of hydrogen-bond acceptors (Lipinski definition) is 5. The number of piperazine rings is 1. The molecular weight excluding hydrogens is 386 g/mol. The fourth-order valence-electron chi connectivity index (χ4n) is 4.20. The third-order valence-corrected chi connectivity index (χ3v) is 5.96. The Balaban J connectivity index is 1.31. The number of benzene rings is 2. The molecule has 2 heterocycles.